The highest BCUT2D eigenvalue weighted by Gasteiger charge is 2.21. The van der Waals surface area contributed by atoms with E-state index in [1.54, 1.807) is 0 Å². The Morgan fingerprint density at radius 2 is 1.60 bits per heavy atom. The zero-order chi connectivity index (χ0) is 12.1. The summed E-state index contributed by atoms with van der Waals surface area (Å²) in [6.45, 7) is 13.9. The van der Waals surface area contributed by atoms with Crippen LogP contribution in [0.3, 0.4) is 0 Å². The van der Waals surface area contributed by atoms with Gasteiger partial charge in [-0.2, -0.15) is 0 Å². The molecule has 0 aliphatic carbocycles. The van der Waals surface area contributed by atoms with E-state index in [1.165, 1.54) is 12.5 Å². The topological polar surface area (TPSA) is 9.23 Å². The van der Waals surface area contributed by atoms with Crippen molar-refractivity contribution in [3.63, 3.8) is 0 Å². The van der Waals surface area contributed by atoms with Gasteiger partial charge in [-0.25, -0.2) is 0 Å². The molecule has 0 aromatic heterocycles. The summed E-state index contributed by atoms with van der Waals surface area (Å²) in [6, 6.07) is 1.38. The highest BCUT2D eigenvalue weighted by Crippen LogP contribution is 2.18. The molecule has 92 valence electrons. The van der Waals surface area contributed by atoms with Gasteiger partial charge in [0.1, 0.15) is 0 Å². The van der Waals surface area contributed by atoms with Crippen LogP contribution in [0.15, 0.2) is 0 Å². The second kappa shape index (κ2) is 6.43. The fourth-order valence-corrected chi connectivity index (χ4v) is 4.32. The van der Waals surface area contributed by atoms with Crippen LogP contribution in [0.1, 0.15) is 12.8 Å². The van der Waals surface area contributed by atoms with E-state index >= 15 is 0 Å². The summed E-state index contributed by atoms with van der Waals surface area (Å²) < 4.78 is 6.02. The molecule has 0 aromatic carbocycles. The minimum Gasteiger partial charge on any atom is -0.414 e. The van der Waals surface area contributed by atoms with Gasteiger partial charge in [0.25, 0.3) is 0 Å². The average Bonchev–Trinajstić information content (AvgIpc) is 1.97. The maximum atomic E-state index is 6.02. The van der Waals surface area contributed by atoms with Crippen molar-refractivity contribution in [1.82, 2.24) is 0 Å². The van der Waals surface area contributed by atoms with E-state index in [2.05, 4.69) is 39.3 Å². The van der Waals surface area contributed by atoms with E-state index in [4.69, 9.17) is 16.0 Å². The maximum Gasteiger partial charge on any atom is 0.184 e. The van der Waals surface area contributed by atoms with Crippen molar-refractivity contribution in [2.45, 2.75) is 64.3 Å². The molecule has 0 rings (SSSR count). The summed E-state index contributed by atoms with van der Waals surface area (Å²) in [6.07, 6.45) is 2.70. The second-order valence-electron chi connectivity index (χ2n) is 6.46. The Kier molecular flexibility index (Phi) is 6.72. The number of hydrogen-bond donors (Lipinski definition) is 0. The molecule has 0 spiro atoms. The lowest BCUT2D eigenvalue weighted by atomic mass is 10.2. The smallest absolute Gasteiger partial charge is 0.184 e. The Hall–Kier alpha value is 0.684. The molecule has 0 aromatic rings. The van der Waals surface area contributed by atoms with Gasteiger partial charge in [-0.05, 0) is 26.1 Å². The Labute approximate surface area is 103 Å². The zero-order valence-electron chi connectivity index (χ0n) is 11.2. The number of hydrogen-bond acceptors (Lipinski definition) is 1. The first-order valence-electron chi connectivity index (χ1n) is 5.88. The highest BCUT2D eigenvalue weighted by molar-refractivity contribution is 6.76. The zero-order valence-corrected chi connectivity index (χ0v) is 13.9. The van der Waals surface area contributed by atoms with Crippen LogP contribution in [-0.4, -0.2) is 28.4 Å². The summed E-state index contributed by atoms with van der Waals surface area (Å²) in [5, 5.41) is 0. The van der Waals surface area contributed by atoms with Gasteiger partial charge in [0.15, 0.2) is 8.32 Å². The summed E-state index contributed by atoms with van der Waals surface area (Å²) >= 11 is 5.93. The van der Waals surface area contributed by atoms with E-state index in [1.807, 2.05) is 0 Å². The predicted octanol–water partition coefficient (Wildman–Crippen LogP) is 4.56. The molecule has 1 unspecified atom stereocenters. The van der Waals surface area contributed by atoms with Crippen LogP contribution in [0.2, 0.25) is 45.3 Å². The third kappa shape index (κ3) is 11.0. The number of halogens is 1. The van der Waals surface area contributed by atoms with E-state index in [0.717, 1.165) is 6.42 Å². The second-order valence-corrected chi connectivity index (χ2v) is 16.8. The normalized spacial score (nSPS) is 15.4. The summed E-state index contributed by atoms with van der Waals surface area (Å²) in [4.78, 5) is 0. The van der Waals surface area contributed by atoms with Crippen molar-refractivity contribution in [1.29, 1.82) is 0 Å². The molecule has 0 saturated heterocycles. The van der Waals surface area contributed by atoms with Gasteiger partial charge in [0.2, 0.25) is 0 Å². The fourth-order valence-electron chi connectivity index (χ4n) is 1.53. The standard InChI is InChI=1S/C11H27ClOSi2/c1-14(2,3)9-7-8-11(10-12)13-15(4,5)6/h11H,7-10H2,1-6H3. The first kappa shape index (κ1) is 15.7. The summed E-state index contributed by atoms with van der Waals surface area (Å²) in [5.41, 5.74) is 0. The molecular formula is C11H27ClOSi2. The number of rotatable bonds is 7. The molecule has 1 atom stereocenters. The molecule has 0 saturated carbocycles. The van der Waals surface area contributed by atoms with Gasteiger partial charge >= 0.3 is 0 Å². The lowest BCUT2D eigenvalue weighted by molar-refractivity contribution is 0.205. The quantitative estimate of drug-likeness (QED) is 0.485. The Morgan fingerprint density at radius 1 is 1.07 bits per heavy atom. The van der Waals surface area contributed by atoms with E-state index in [0.29, 0.717) is 5.88 Å². The molecule has 4 heteroatoms. The van der Waals surface area contributed by atoms with Gasteiger partial charge in [0, 0.05) is 14.0 Å². The molecule has 0 fully saturated rings. The van der Waals surface area contributed by atoms with Crippen LogP contribution >= 0.6 is 11.6 Å². The molecular weight excluding hydrogens is 240 g/mol. The van der Waals surface area contributed by atoms with Crippen molar-refractivity contribution in [2.75, 3.05) is 5.88 Å². The van der Waals surface area contributed by atoms with Gasteiger partial charge in [-0.3, -0.25) is 0 Å². The van der Waals surface area contributed by atoms with Crippen molar-refractivity contribution < 1.29 is 4.43 Å². The minimum atomic E-state index is -1.41. The molecule has 0 radical (unpaired) electrons. The first-order valence-corrected chi connectivity index (χ1v) is 13.5. The molecule has 1 nitrogen and oxygen atoms in total. The predicted molar refractivity (Wildman–Crippen MR) is 76.3 cm³/mol. The SMILES string of the molecule is C[Si](C)(C)CCCC(CCl)O[Si](C)(C)C. The lowest BCUT2D eigenvalue weighted by Crippen LogP contribution is -2.33. The fraction of sp³-hybridized carbons (Fsp3) is 1.00. The van der Waals surface area contributed by atoms with E-state index in [9.17, 15) is 0 Å². The van der Waals surface area contributed by atoms with Gasteiger partial charge in [-0.15, -0.1) is 11.6 Å². The Bertz CT molecular complexity index is 172. The molecule has 0 amide bonds. The van der Waals surface area contributed by atoms with Crippen LogP contribution < -0.4 is 0 Å². The lowest BCUT2D eigenvalue weighted by Gasteiger charge is -2.25. The van der Waals surface area contributed by atoms with Gasteiger partial charge < -0.3 is 4.43 Å². The average molecular weight is 267 g/mol. The van der Waals surface area contributed by atoms with E-state index < -0.39 is 16.4 Å². The molecule has 0 N–H and O–H groups in total. The van der Waals surface area contributed by atoms with Crippen LogP contribution in [0.5, 0.6) is 0 Å². The van der Waals surface area contributed by atoms with Crippen LogP contribution in [0, 0.1) is 0 Å². The van der Waals surface area contributed by atoms with Crippen LogP contribution in [-0.2, 0) is 4.43 Å². The Morgan fingerprint density at radius 3 is 1.93 bits per heavy atom. The molecule has 0 aliphatic heterocycles. The largest absolute Gasteiger partial charge is 0.414 e. The van der Waals surface area contributed by atoms with Crippen LogP contribution in [0.25, 0.3) is 0 Å². The van der Waals surface area contributed by atoms with Crippen molar-refractivity contribution in [3.8, 4) is 0 Å². The Balaban J connectivity index is 3.82. The maximum absolute atomic E-state index is 6.02. The molecule has 0 heterocycles. The van der Waals surface area contributed by atoms with E-state index in [-0.39, 0.29) is 6.10 Å². The van der Waals surface area contributed by atoms with Crippen molar-refractivity contribution in [2.24, 2.45) is 0 Å². The minimum absolute atomic E-state index is 0.287. The molecule has 0 bridgehead atoms. The van der Waals surface area contributed by atoms with Gasteiger partial charge in [0.05, 0.1) is 6.10 Å². The molecule has 15 heavy (non-hydrogen) atoms. The summed E-state index contributed by atoms with van der Waals surface area (Å²) in [5.74, 6) is 0.649. The third-order valence-electron chi connectivity index (χ3n) is 2.15. The first-order chi connectivity index (χ1) is 6.64. The van der Waals surface area contributed by atoms with Gasteiger partial charge in [-0.1, -0.05) is 32.1 Å². The highest BCUT2D eigenvalue weighted by atomic mass is 35.5. The number of alkyl halides is 1. The third-order valence-corrected chi connectivity index (χ3v) is 5.38. The van der Waals surface area contributed by atoms with Crippen LogP contribution in [0.4, 0.5) is 0 Å². The van der Waals surface area contributed by atoms with Crippen molar-refractivity contribution >= 4 is 28.0 Å². The monoisotopic (exact) mass is 266 g/mol. The molecule has 0 aliphatic rings. The van der Waals surface area contributed by atoms with Crippen molar-refractivity contribution in [3.05, 3.63) is 0 Å². The summed E-state index contributed by atoms with van der Waals surface area (Å²) in [7, 11) is -2.29.